The third-order valence-corrected chi connectivity index (χ3v) is 2.87. The van der Waals surface area contributed by atoms with E-state index < -0.39 is 23.4 Å². The predicted octanol–water partition coefficient (Wildman–Crippen LogP) is 1.51. The van der Waals surface area contributed by atoms with E-state index in [1.165, 1.54) is 0 Å². The zero-order valence-corrected chi connectivity index (χ0v) is 8.64. The fraction of sp³-hybridized carbons (Fsp3) is 0.455. The van der Waals surface area contributed by atoms with E-state index in [9.17, 15) is 13.2 Å². The molecular weight excluding hydrogens is 217 g/mol. The van der Waals surface area contributed by atoms with Crippen LogP contribution >= 0.6 is 0 Å². The van der Waals surface area contributed by atoms with E-state index in [0.717, 1.165) is 12.1 Å². The number of rotatable bonds is 1. The lowest BCUT2D eigenvalue weighted by Gasteiger charge is -2.28. The molecule has 3 N–H and O–H groups in total. The van der Waals surface area contributed by atoms with Gasteiger partial charge in [-0.25, -0.2) is 13.2 Å². The van der Waals surface area contributed by atoms with Gasteiger partial charge in [-0.15, -0.1) is 0 Å². The van der Waals surface area contributed by atoms with Crippen molar-refractivity contribution in [2.45, 2.75) is 18.4 Å². The Hall–Kier alpha value is -1.07. The number of hydrogen-bond donors (Lipinski definition) is 2. The second kappa shape index (κ2) is 4.43. The van der Waals surface area contributed by atoms with Crippen molar-refractivity contribution >= 4 is 0 Å². The van der Waals surface area contributed by atoms with E-state index in [1.807, 2.05) is 0 Å². The first kappa shape index (κ1) is 11.4. The first-order valence-corrected chi connectivity index (χ1v) is 5.19. The highest BCUT2D eigenvalue weighted by molar-refractivity contribution is 5.26. The van der Waals surface area contributed by atoms with Crippen molar-refractivity contribution < 1.29 is 13.2 Å². The number of nitrogens with one attached hydrogen (secondary N) is 1. The van der Waals surface area contributed by atoms with Gasteiger partial charge in [-0.3, -0.25) is 0 Å². The van der Waals surface area contributed by atoms with Crippen molar-refractivity contribution in [3.8, 4) is 0 Å². The van der Waals surface area contributed by atoms with Gasteiger partial charge in [0, 0.05) is 30.6 Å². The van der Waals surface area contributed by atoms with E-state index in [0.29, 0.717) is 19.5 Å². The summed E-state index contributed by atoms with van der Waals surface area (Å²) in [4.78, 5) is 0. The molecule has 1 saturated heterocycles. The molecular formula is C11H13F3N2. The number of hydrogen-bond acceptors (Lipinski definition) is 2. The van der Waals surface area contributed by atoms with Gasteiger partial charge in [-0.2, -0.15) is 0 Å². The summed E-state index contributed by atoms with van der Waals surface area (Å²) in [6.07, 6.45) is 0.463. The Morgan fingerprint density at radius 2 is 1.81 bits per heavy atom. The molecule has 1 aromatic rings. The Morgan fingerprint density at radius 1 is 1.12 bits per heavy atom. The summed E-state index contributed by atoms with van der Waals surface area (Å²) in [5, 5.41) is 2.98. The summed E-state index contributed by atoms with van der Waals surface area (Å²) >= 11 is 0. The van der Waals surface area contributed by atoms with Crippen molar-refractivity contribution in [1.82, 2.24) is 5.32 Å². The van der Waals surface area contributed by atoms with Gasteiger partial charge in [-0.05, 0) is 18.6 Å². The normalized spacial score (nSPS) is 25.8. The van der Waals surface area contributed by atoms with E-state index in [-0.39, 0.29) is 11.6 Å². The Bertz CT molecular complexity index is 395. The van der Waals surface area contributed by atoms with Crippen molar-refractivity contribution in [2.24, 2.45) is 5.73 Å². The van der Waals surface area contributed by atoms with Gasteiger partial charge in [-0.1, -0.05) is 0 Å². The van der Waals surface area contributed by atoms with E-state index in [4.69, 9.17) is 5.73 Å². The molecule has 1 aliphatic heterocycles. The summed E-state index contributed by atoms with van der Waals surface area (Å²) in [6, 6.07) is 1.60. The summed E-state index contributed by atoms with van der Waals surface area (Å²) < 4.78 is 40.0. The third-order valence-electron chi connectivity index (χ3n) is 2.87. The standard InChI is InChI=1S/C11H13F3N2/c12-8-1-2-9(13)11(14)10(8)6-3-7(15)5-16-4-6/h1-2,6-7,16H,3-5,15H2. The number of halogens is 3. The van der Waals surface area contributed by atoms with Crippen LogP contribution in [0.1, 0.15) is 17.9 Å². The van der Waals surface area contributed by atoms with Gasteiger partial charge < -0.3 is 11.1 Å². The molecule has 2 atom stereocenters. The zero-order valence-electron chi connectivity index (χ0n) is 8.64. The van der Waals surface area contributed by atoms with Gasteiger partial charge in [0.25, 0.3) is 0 Å². The van der Waals surface area contributed by atoms with Gasteiger partial charge in [0.05, 0.1) is 0 Å². The first-order chi connectivity index (χ1) is 7.59. The lowest BCUT2D eigenvalue weighted by atomic mass is 9.88. The van der Waals surface area contributed by atoms with Crippen molar-refractivity contribution in [1.29, 1.82) is 0 Å². The van der Waals surface area contributed by atoms with Crippen LogP contribution < -0.4 is 11.1 Å². The number of piperidine rings is 1. The third kappa shape index (κ3) is 2.05. The second-order valence-corrected chi connectivity index (χ2v) is 4.11. The number of nitrogens with two attached hydrogens (primary N) is 1. The van der Waals surface area contributed by atoms with Crippen molar-refractivity contribution in [3.63, 3.8) is 0 Å². The molecule has 0 bridgehead atoms. The Morgan fingerprint density at radius 3 is 2.50 bits per heavy atom. The zero-order chi connectivity index (χ0) is 11.7. The second-order valence-electron chi connectivity index (χ2n) is 4.11. The molecule has 0 spiro atoms. The molecule has 0 saturated carbocycles. The summed E-state index contributed by atoms with van der Waals surface area (Å²) in [6.45, 7) is 1.04. The molecule has 0 aromatic heterocycles. The van der Waals surface area contributed by atoms with Crippen molar-refractivity contribution in [2.75, 3.05) is 13.1 Å². The molecule has 16 heavy (non-hydrogen) atoms. The molecule has 88 valence electrons. The fourth-order valence-electron chi connectivity index (χ4n) is 2.11. The number of benzene rings is 1. The van der Waals surface area contributed by atoms with Crippen LogP contribution in [0.3, 0.4) is 0 Å². The van der Waals surface area contributed by atoms with Gasteiger partial charge >= 0.3 is 0 Å². The van der Waals surface area contributed by atoms with Crippen LogP contribution in [-0.2, 0) is 0 Å². The SMILES string of the molecule is NC1CNCC(c2c(F)ccc(F)c2F)C1. The minimum Gasteiger partial charge on any atom is -0.327 e. The highest BCUT2D eigenvalue weighted by Crippen LogP contribution is 2.28. The average Bonchev–Trinajstić information content (AvgIpc) is 2.24. The van der Waals surface area contributed by atoms with Gasteiger partial charge in [0.2, 0.25) is 0 Å². The summed E-state index contributed by atoms with van der Waals surface area (Å²) in [5.74, 6) is -3.23. The molecule has 1 aromatic carbocycles. The molecule has 2 nitrogen and oxygen atoms in total. The molecule has 2 rings (SSSR count). The maximum absolute atomic E-state index is 13.5. The predicted molar refractivity (Wildman–Crippen MR) is 54.5 cm³/mol. The van der Waals surface area contributed by atoms with Crippen LogP contribution in [0.5, 0.6) is 0 Å². The highest BCUT2D eigenvalue weighted by atomic mass is 19.2. The molecule has 5 heteroatoms. The molecule has 0 amide bonds. The fourth-order valence-corrected chi connectivity index (χ4v) is 2.11. The quantitative estimate of drug-likeness (QED) is 0.718. The first-order valence-electron chi connectivity index (χ1n) is 5.19. The maximum Gasteiger partial charge on any atom is 0.165 e. The van der Waals surface area contributed by atoms with Gasteiger partial charge in [0.1, 0.15) is 5.82 Å². The Balaban J connectivity index is 2.35. The Kier molecular flexibility index (Phi) is 3.16. The van der Waals surface area contributed by atoms with Gasteiger partial charge in [0.15, 0.2) is 11.6 Å². The van der Waals surface area contributed by atoms with Crippen molar-refractivity contribution in [3.05, 3.63) is 35.1 Å². The summed E-state index contributed by atoms with van der Waals surface area (Å²) in [7, 11) is 0. The molecule has 0 radical (unpaired) electrons. The lowest BCUT2D eigenvalue weighted by Crippen LogP contribution is -2.43. The largest absolute Gasteiger partial charge is 0.327 e. The average molecular weight is 230 g/mol. The van der Waals surface area contributed by atoms with Crippen LogP contribution in [0.15, 0.2) is 12.1 Å². The van der Waals surface area contributed by atoms with Crippen LogP contribution in [0, 0.1) is 17.5 Å². The minimum atomic E-state index is -1.10. The summed E-state index contributed by atoms with van der Waals surface area (Å²) in [5.41, 5.74) is 5.51. The smallest absolute Gasteiger partial charge is 0.165 e. The van der Waals surface area contributed by atoms with E-state index in [1.54, 1.807) is 0 Å². The molecule has 1 heterocycles. The van der Waals surface area contributed by atoms with Crippen LogP contribution in [-0.4, -0.2) is 19.1 Å². The van der Waals surface area contributed by atoms with E-state index in [2.05, 4.69) is 5.32 Å². The highest BCUT2D eigenvalue weighted by Gasteiger charge is 2.27. The molecule has 2 unspecified atom stereocenters. The molecule has 1 aliphatic rings. The van der Waals surface area contributed by atoms with Crippen LogP contribution in [0.4, 0.5) is 13.2 Å². The molecule has 0 aliphatic carbocycles. The maximum atomic E-state index is 13.5. The minimum absolute atomic E-state index is 0.152. The Labute approximate surface area is 91.6 Å². The molecule has 1 fully saturated rings. The monoisotopic (exact) mass is 230 g/mol. The van der Waals surface area contributed by atoms with Crippen LogP contribution in [0.25, 0.3) is 0 Å². The van der Waals surface area contributed by atoms with Crippen LogP contribution in [0.2, 0.25) is 0 Å². The van der Waals surface area contributed by atoms with E-state index >= 15 is 0 Å². The topological polar surface area (TPSA) is 38.0 Å². The lowest BCUT2D eigenvalue weighted by molar-refractivity contribution is 0.382.